The molecule has 1 saturated heterocycles. The molecule has 1 aliphatic carbocycles. The summed E-state index contributed by atoms with van der Waals surface area (Å²) >= 11 is 0. The summed E-state index contributed by atoms with van der Waals surface area (Å²) in [7, 11) is 0. The minimum Gasteiger partial charge on any atom is -0.330 e. The zero-order valence-electron chi connectivity index (χ0n) is 13.7. The van der Waals surface area contributed by atoms with Gasteiger partial charge in [-0.3, -0.25) is 9.69 Å². The van der Waals surface area contributed by atoms with Crippen molar-refractivity contribution < 1.29 is 4.79 Å². The summed E-state index contributed by atoms with van der Waals surface area (Å²) in [4.78, 5) is 17.0. The second kappa shape index (κ2) is 7.95. The first-order chi connectivity index (χ1) is 10.2. The quantitative estimate of drug-likeness (QED) is 0.846. The van der Waals surface area contributed by atoms with Crippen LogP contribution in [-0.2, 0) is 4.79 Å². The second-order valence-electron chi connectivity index (χ2n) is 6.54. The van der Waals surface area contributed by atoms with Crippen LogP contribution in [-0.4, -0.2) is 47.9 Å². The fourth-order valence-corrected chi connectivity index (χ4v) is 3.54. The average Bonchev–Trinajstić information content (AvgIpc) is 2.51. The lowest BCUT2D eigenvalue weighted by molar-refractivity contribution is -0.131. The Balaban J connectivity index is 1.96. The van der Waals surface area contributed by atoms with E-state index in [1.165, 1.54) is 25.0 Å². The lowest BCUT2D eigenvalue weighted by Gasteiger charge is -2.38. The molecule has 2 rings (SSSR count). The summed E-state index contributed by atoms with van der Waals surface area (Å²) in [5, 5.41) is 0. The van der Waals surface area contributed by atoms with Crippen molar-refractivity contribution in [3.8, 4) is 0 Å². The maximum atomic E-state index is 12.7. The van der Waals surface area contributed by atoms with Gasteiger partial charge in [0.25, 0.3) is 0 Å². The van der Waals surface area contributed by atoms with Gasteiger partial charge in [-0.15, -0.1) is 0 Å². The van der Waals surface area contributed by atoms with Crippen LogP contribution in [0.5, 0.6) is 0 Å². The van der Waals surface area contributed by atoms with Gasteiger partial charge in [-0.05, 0) is 64.8 Å². The van der Waals surface area contributed by atoms with E-state index in [0.717, 1.165) is 38.9 Å². The highest BCUT2D eigenvalue weighted by Gasteiger charge is 2.28. The Bertz CT molecular complexity index is 380. The van der Waals surface area contributed by atoms with Gasteiger partial charge in [-0.2, -0.15) is 0 Å². The number of hydrogen-bond donors (Lipinski definition) is 1. The molecule has 4 heteroatoms. The predicted molar refractivity (Wildman–Crippen MR) is 86.8 cm³/mol. The SMILES string of the molecule is CCN(C(=O)CN1CC(CN)CCC1C)C1=CCCCC1. The van der Waals surface area contributed by atoms with E-state index in [4.69, 9.17) is 5.73 Å². The van der Waals surface area contributed by atoms with Crippen molar-refractivity contribution in [2.45, 2.75) is 58.4 Å². The first-order valence-electron chi connectivity index (χ1n) is 8.59. The van der Waals surface area contributed by atoms with E-state index < -0.39 is 0 Å². The topological polar surface area (TPSA) is 49.6 Å². The Morgan fingerprint density at radius 2 is 2.24 bits per heavy atom. The maximum Gasteiger partial charge on any atom is 0.240 e. The van der Waals surface area contributed by atoms with E-state index in [2.05, 4.69) is 24.8 Å². The monoisotopic (exact) mass is 293 g/mol. The number of amides is 1. The summed E-state index contributed by atoms with van der Waals surface area (Å²) < 4.78 is 0. The zero-order chi connectivity index (χ0) is 15.2. The number of carbonyl (C=O) groups is 1. The van der Waals surface area contributed by atoms with Crippen LogP contribution in [0.2, 0.25) is 0 Å². The zero-order valence-corrected chi connectivity index (χ0v) is 13.7. The van der Waals surface area contributed by atoms with Gasteiger partial charge in [0.1, 0.15) is 0 Å². The Labute approximate surface area is 129 Å². The maximum absolute atomic E-state index is 12.7. The molecule has 4 nitrogen and oxygen atoms in total. The summed E-state index contributed by atoms with van der Waals surface area (Å²) in [5.41, 5.74) is 7.06. The number of hydrogen-bond acceptors (Lipinski definition) is 3. The largest absolute Gasteiger partial charge is 0.330 e. The fraction of sp³-hybridized carbons (Fsp3) is 0.824. The highest BCUT2D eigenvalue weighted by atomic mass is 16.2. The van der Waals surface area contributed by atoms with Gasteiger partial charge in [-0.1, -0.05) is 6.08 Å². The second-order valence-corrected chi connectivity index (χ2v) is 6.54. The van der Waals surface area contributed by atoms with Crippen molar-refractivity contribution in [1.82, 2.24) is 9.80 Å². The van der Waals surface area contributed by atoms with Crippen molar-refractivity contribution in [2.24, 2.45) is 11.7 Å². The number of allylic oxidation sites excluding steroid dienone is 2. The molecule has 0 radical (unpaired) electrons. The molecular weight excluding hydrogens is 262 g/mol. The summed E-state index contributed by atoms with van der Waals surface area (Å²) in [6.45, 7) is 7.35. The predicted octanol–water partition coefficient (Wildman–Crippen LogP) is 2.35. The average molecular weight is 293 g/mol. The summed E-state index contributed by atoms with van der Waals surface area (Å²) in [5.74, 6) is 0.813. The molecule has 0 aromatic heterocycles. The Morgan fingerprint density at radius 1 is 1.43 bits per heavy atom. The third-order valence-electron chi connectivity index (χ3n) is 5.01. The lowest BCUT2D eigenvalue weighted by atomic mass is 9.93. The summed E-state index contributed by atoms with van der Waals surface area (Å²) in [6, 6.07) is 0.496. The molecule has 1 amide bonds. The molecule has 2 aliphatic rings. The van der Waals surface area contributed by atoms with Gasteiger partial charge in [0.15, 0.2) is 0 Å². The minimum absolute atomic E-state index is 0.259. The molecule has 0 spiro atoms. The third kappa shape index (κ3) is 4.30. The number of nitrogens with zero attached hydrogens (tertiary/aromatic N) is 2. The summed E-state index contributed by atoms with van der Waals surface area (Å²) in [6.07, 6.45) is 9.26. The smallest absolute Gasteiger partial charge is 0.240 e. The van der Waals surface area contributed by atoms with Crippen molar-refractivity contribution in [2.75, 3.05) is 26.2 Å². The van der Waals surface area contributed by atoms with Crippen molar-refractivity contribution >= 4 is 5.91 Å². The van der Waals surface area contributed by atoms with Gasteiger partial charge in [0, 0.05) is 24.8 Å². The van der Waals surface area contributed by atoms with Crippen LogP contribution in [0, 0.1) is 5.92 Å². The van der Waals surface area contributed by atoms with E-state index in [9.17, 15) is 4.79 Å². The molecule has 1 heterocycles. The van der Waals surface area contributed by atoms with Gasteiger partial charge >= 0.3 is 0 Å². The molecule has 21 heavy (non-hydrogen) atoms. The van der Waals surface area contributed by atoms with Crippen LogP contribution < -0.4 is 5.73 Å². The molecule has 0 bridgehead atoms. The molecule has 0 saturated carbocycles. The molecule has 120 valence electrons. The first-order valence-corrected chi connectivity index (χ1v) is 8.59. The fourth-order valence-electron chi connectivity index (χ4n) is 3.54. The Hall–Kier alpha value is -0.870. The van der Waals surface area contributed by atoms with E-state index in [0.29, 0.717) is 18.5 Å². The number of likely N-dealkylation sites (N-methyl/N-ethyl adjacent to an activating group) is 1. The van der Waals surface area contributed by atoms with E-state index in [1.54, 1.807) is 0 Å². The molecule has 2 atom stereocenters. The molecule has 1 aliphatic heterocycles. The molecule has 0 aromatic carbocycles. The van der Waals surface area contributed by atoms with Crippen LogP contribution in [0.4, 0.5) is 0 Å². The van der Waals surface area contributed by atoms with Gasteiger partial charge < -0.3 is 10.6 Å². The van der Waals surface area contributed by atoms with E-state index in [-0.39, 0.29) is 5.91 Å². The van der Waals surface area contributed by atoms with Crippen LogP contribution in [0.1, 0.15) is 52.4 Å². The van der Waals surface area contributed by atoms with Crippen molar-refractivity contribution in [3.63, 3.8) is 0 Å². The van der Waals surface area contributed by atoms with Crippen LogP contribution >= 0.6 is 0 Å². The van der Waals surface area contributed by atoms with Crippen molar-refractivity contribution in [3.05, 3.63) is 11.8 Å². The van der Waals surface area contributed by atoms with E-state index >= 15 is 0 Å². The normalized spacial score (nSPS) is 27.3. The van der Waals surface area contributed by atoms with Crippen LogP contribution in [0.25, 0.3) is 0 Å². The number of carbonyl (C=O) groups excluding carboxylic acids is 1. The van der Waals surface area contributed by atoms with Gasteiger partial charge in [0.05, 0.1) is 6.54 Å². The Kier molecular flexibility index (Phi) is 6.24. The van der Waals surface area contributed by atoms with E-state index in [1.807, 2.05) is 4.90 Å². The van der Waals surface area contributed by atoms with Gasteiger partial charge in [-0.25, -0.2) is 0 Å². The molecule has 2 N–H and O–H groups in total. The third-order valence-corrected chi connectivity index (χ3v) is 5.01. The van der Waals surface area contributed by atoms with Crippen LogP contribution in [0.3, 0.4) is 0 Å². The minimum atomic E-state index is 0.259. The lowest BCUT2D eigenvalue weighted by Crippen LogP contribution is -2.49. The number of piperidine rings is 1. The molecule has 1 fully saturated rings. The number of likely N-dealkylation sites (tertiary alicyclic amines) is 1. The number of nitrogens with two attached hydrogens (primary N) is 1. The molecular formula is C17H31N3O. The van der Waals surface area contributed by atoms with Crippen LogP contribution in [0.15, 0.2) is 11.8 Å². The highest BCUT2D eigenvalue weighted by molar-refractivity contribution is 5.80. The Morgan fingerprint density at radius 3 is 2.86 bits per heavy atom. The molecule has 0 aromatic rings. The van der Waals surface area contributed by atoms with Crippen molar-refractivity contribution in [1.29, 1.82) is 0 Å². The first kappa shape index (κ1) is 16.5. The standard InChI is InChI=1S/C17H31N3O/c1-3-20(16-7-5-4-6-8-16)17(21)13-19-12-15(11-18)10-9-14(19)2/h7,14-15H,3-6,8-13,18H2,1-2H3. The van der Waals surface area contributed by atoms with Gasteiger partial charge in [0.2, 0.25) is 5.91 Å². The highest BCUT2D eigenvalue weighted by Crippen LogP contribution is 2.23. The number of rotatable bonds is 5. The molecule has 2 unspecified atom stereocenters.